The van der Waals surface area contributed by atoms with E-state index in [1.807, 2.05) is 4.90 Å². The molecular weight excluding hydrogens is 354 g/mol. The Morgan fingerprint density at radius 2 is 2.19 bits per heavy atom. The number of carbonyl (C=O) groups excluding carboxylic acids is 1. The summed E-state index contributed by atoms with van der Waals surface area (Å²) >= 11 is 9.34. The maximum absolute atomic E-state index is 12.7. The molecule has 1 aromatic rings. The maximum atomic E-state index is 12.7. The number of rotatable bonds is 1. The number of hydrogen-bond donors (Lipinski definition) is 1. The van der Waals surface area contributed by atoms with E-state index in [-0.39, 0.29) is 11.8 Å². The summed E-state index contributed by atoms with van der Waals surface area (Å²) in [6, 6.07) is 5.24. The Kier molecular flexibility index (Phi) is 4.30. The third-order valence-corrected chi connectivity index (χ3v) is 5.77. The molecule has 21 heavy (non-hydrogen) atoms. The molecule has 2 unspecified atom stereocenters. The Morgan fingerprint density at radius 3 is 2.95 bits per heavy atom. The van der Waals surface area contributed by atoms with Crippen molar-refractivity contribution in [2.24, 2.45) is 5.92 Å². The fourth-order valence-electron chi connectivity index (χ4n) is 3.59. The number of piperidine rings is 1. The monoisotopic (exact) mass is 371 g/mol. The molecule has 1 amide bonds. The van der Waals surface area contributed by atoms with E-state index in [0.29, 0.717) is 30.1 Å². The molecule has 3 rings (SSSR count). The van der Waals surface area contributed by atoms with E-state index < -0.39 is 5.60 Å². The second-order valence-corrected chi connectivity index (χ2v) is 7.46. The highest BCUT2D eigenvalue weighted by Crippen LogP contribution is 2.40. The predicted molar refractivity (Wildman–Crippen MR) is 86.6 cm³/mol. The number of likely N-dealkylation sites (tertiary alicyclic amines) is 1. The van der Waals surface area contributed by atoms with Gasteiger partial charge < -0.3 is 10.0 Å². The number of halogens is 2. The van der Waals surface area contributed by atoms with Gasteiger partial charge in [0.05, 0.1) is 11.2 Å². The van der Waals surface area contributed by atoms with E-state index in [9.17, 15) is 9.90 Å². The third-order valence-electron chi connectivity index (χ3n) is 4.88. The van der Waals surface area contributed by atoms with Crippen LogP contribution < -0.4 is 0 Å². The molecule has 0 bridgehead atoms. The Hall–Kier alpha value is -0.580. The minimum atomic E-state index is -0.549. The van der Waals surface area contributed by atoms with Crippen molar-refractivity contribution in [3.8, 4) is 0 Å². The molecule has 0 radical (unpaired) electrons. The van der Waals surface area contributed by atoms with Crippen LogP contribution in [0.15, 0.2) is 22.7 Å². The highest BCUT2D eigenvalue weighted by atomic mass is 79.9. The van der Waals surface area contributed by atoms with Gasteiger partial charge in [-0.1, -0.05) is 24.4 Å². The quantitative estimate of drug-likeness (QED) is 0.813. The molecule has 114 valence electrons. The highest BCUT2D eigenvalue weighted by molar-refractivity contribution is 9.10. The molecule has 2 fully saturated rings. The average molecular weight is 373 g/mol. The Balaban J connectivity index is 1.77. The molecular formula is C16H19BrClNO2. The maximum Gasteiger partial charge on any atom is 0.255 e. The first kappa shape index (κ1) is 15.3. The highest BCUT2D eigenvalue weighted by Gasteiger charge is 2.43. The van der Waals surface area contributed by atoms with Gasteiger partial charge in [-0.25, -0.2) is 0 Å². The number of fused-ring (bicyclic) bond motifs is 1. The number of aliphatic hydroxyl groups is 1. The van der Waals surface area contributed by atoms with Crippen molar-refractivity contribution in [3.05, 3.63) is 33.3 Å². The van der Waals surface area contributed by atoms with Crippen LogP contribution in [-0.2, 0) is 0 Å². The summed E-state index contributed by atoms with van der Waals surface area (Å²) in [5, 5.41) is 11.3. The Labute approximate surface area is 138 Å². The van der Waals surface area contributed by atoms with Crippen LogP contribution in [-0.4, -0.2) is 34.6 Å². The topological polar surface area (TPSA) is 40.5 Å². The van der Waals surface area contributed by atoms with Crippen LogP contribution in [0.2, 0.25) is 5.02 Å². The number of amides is 1. The first-order valence-corrected chi connectivity index (χ1v) is 8.63. The fraction of sp³-hybridized carbons (Fsp3) is 0.562. The van der Waals surface area contributed by atoms with Gasteiger partial charge in [0.1, 0.15) is 0 Å². The van der Waals surface area contributed by atoms with E-state index in [2.05, 4.69) is 15.9 Å². The van der Waals surface area contributed by atoms with Crippen molar-refractivity contribution >= 4 is 33.4 Å². The molecule has 3 nitrogen and oxygen atoms in total. The lowest BCUT2D eigenvalue weighted by atomic mass is 9.71. The molecule has 5 heteroatoms. The van der Waals surface area contributed by atoms with Gasteiger partial charge in [0.15, 0.2) is 0 Å². The zero-order valence-corrected chi connectivity index (χ0v) is 14.2. The van der Waals surface area contributed by atoms with Crippen LogP contribution in [0, 0.1) is 5.92 Å². The SMILES string of the molecule is O=C(c1ccc(Cl)cc1Br)N1CCC2(O)CCCCC2C1. The Morgan fingerprint density at radius 1 is 1.38 bits per heavy atom. The molecule has 1 aliphatic carbocycles. The largest absolute Gasteiger partial charge is 0.389 e. The summed E-state index contributed by atoms with van der Waals surface area (Å²) in [5.41, 5.74) is 0.0901. The first-order valence-electron chi connectivity index (χ1n) is 7.46. The number of benzene rings is 1. The molecule has 1 saturated carbocycles. The minimum absolute atomic E-state index is 0.0196. The minimum Gasteiger partial charge on any atom is -0.389 e. The number of carbonyl (C=O) groups is 1. The molecule has 1 saturated heterocycles. The lowest BCUT2D eigenvalue weighted by Gasteiger charge is -2.47. The normalized spacial score (nSPS) is 29.1. The summed E-state index contributed by atoms with van der Waals surface area (Å²) in [6.07, 6.45) is 4.84. The molecule has 1 N–H and O–H groups in total. The van der Waals surface area contributed by atoms with Crippen molar-refractivity contribution in [2.75, 3.05) is 13.1 Å². The van der Waals surface area contributed by atoms with Crippen molar-refractivity contribution in [3.63, 3.8) is 0 Å². The summed E-state index contributed by atoms with van der Waals surface area (Å²) in [7, 11) is 0. The van der Waals surface area contributed by atoms with Crippen LogP contribution in [0.5, 0.6) is 0 Å². The van der Waals surface area contributed by atoms with Gasteiger partial charge in [0.25, 0.3) is 5.91 Å². The van der Waals surface area contributed by atoms with Crippen molar-refractivity contribution in [1.82, 2.24) is 4.90 Å². The van der Waals surface area contributed by atoms with Gasteiger partial charge >= 0.3 is 0 Å². The number of hydrogen-bond acceptors (Lipinski definition) is 2. The van der Waals surface area contributed by atoms with Gasteiger partial charge in [-0.2, -0.15) is 0 Å². The van der Waals surface area contributed by atoms with E-state index >= 15 is 0 Å². The molecule has 2 atom stereocenters. The van der Waals surface area contributed by atoms with Gasteiger partial charge in [-0.05, 0) is 53.4 Å². The van der Waals surface area contributed by atoms with Crippen LogP contribution in [0.4, 0.5) is 0 Å². The zero-order chi connectivity index (χ0) is 15.0. The van der Waals surface area contributed by atoms with Crippen LogP contribution in [0.1, 0.15) is 42.5 Å². The van der Waals surface area contributed by atoms with Gasteiger partial charge in [-0.3, -0.25) is 4.79 Å². The molecule has 2 aliphatic rings. The van der Waals surface area contributed by atoms with Gasteiger partial charge in [-0.15, -0.1) is 0 Å². The van der Waals surface area contributed by atoms with Crippen molar-refractivity contribution < 1.29 is 9.90 Å². The standard InChI is InChI=1S/C16H19BrClNO2/c17-14-9-12(18)4-5-13(14)15(20)19-8-7-16(21)6-2-1-3-11(16)10-19/h4-5,9,11,21H,1-3,6-8,10H2. The first-order chi connectivity index (χ1) is 9.99. The number of nitrogens with zero attached hydrogens (tertiary/aromatic N) is 1. The lowest BCUT2D eigenvalue weighted by Crippen LogP contribution is -2.54. The second kappa shape index (κ2) is 5.90. The summed E-state index contributed by atoms with van der Waals surface area (Å²) in [5.74, 6) is 0.237. The van der Waals surface area contributed by atoms with Crippen LogP contribution >= 0.6 is 27.5 Å². The lowest BCUT2D eigenvalue weighted by molar-refractivity contribution is -0.0886. The van der Waals surface area contributed by atoms with Gasteiger partial charge in [0.2, 0.25) is 0 Å². The van der Waals surface area contributed by atoms with Crippen molar-refractivity contribution in [2.45, 2.75) is 37.7 Å². The summed E-state index contributed by atoms with van der Waals surface area (Å²) in [4.78, 5) is 14.6. The molecule has 1 aliphatic heterocycles. The van der Waals surface area contributed by atoms with Crippen molar-refractivity contribution in [1.29, 1.82) is 0 Å². The third kappa shape index (κ3) is 2.99. The van der Waals surface area contributed by atoms with Gasteiger partial charge in [0, 0.05) is 28.5 Å². The second-order valence-electron chi connectivity index (χ2n) is 6.17. The summed E-state index contributed by atoms with van der Waals surface area (Å²) in [6.45, 7) is 1.28. The Bertz CT molecular complexity index is 565. The smallest absolute Gasteiger partial charge is 0.255 e. The van der Waals surface area contributed by atoms with E-state index in [0.717, 1.165) is 30.2 Å². The molecule has 1 aromatic carbocycles. The van der Waals surface area contributed by atoms with E-state index in [1.165, 1.54) is 0 Å². The van der Waals surface area contributed by atoms with Crippen LogP contribution in [0.25, 0.3) is 0 Å². The fourth-order valence-corrected chi connectivity index (χ4v) is 4.44. The summed E-state index contributed by atoms with van der Waals surface area (Å²) < 4.78 is 0.726. The zero-order valence-electron chi connectivity index (χ0n) is 11.8. The molecule has 0 spiro atoms. The molecule has 1 heterocycles. The predicted octanol–water partition coefficient (Wildman–Crippen LogP) is 3.87. The van der Waals surface area contributed by atoms with E-state index in [1.54, 1.807) is 18.2 Å². The molecule has 0 aromatic heterocycles. The van der Waals surface area contributed by atoms with E-state index in [4.69, 9.17) is 11.6 Å². The van der Waals surface area contributed by atoms with Crippen LogP contribution in [0.3, 0.4) is 0 Å². The average Bonchev–Trinajstić information content (AvgIpc) is 2.45.